The fourth-order valence-corrected chi connectivity index (χ4v) is 8.77. The van der Waals surface area contributed by atoms with Crippen molar-refractivity contribution in [1.29, 1.82) is 0 Å². The number of likely N-dealkylation sites (tertiary alicyclic amines) is 2. The topological polar surface area (TPSA) is 182 Å². The number of esters is 2. The Bertz CT molecular complexity index is 2740. The van der Waals surface area contributed by atoms with Gasteiger partial charge >= 0.3 is 36.5 Å². The monoisotopic (exact) mass is 1070 g/mol. The maximum Gasteiger partial charge on any atom is 0.421 e. The van der Waals surface area contributed by atoms with Crippen molar-refractivity contribution in [3.05, 3.63) is 106 Å². The molecule has 0 saturated carbocycles. The smallest absolute Gasteiger partial charge is 0.421 e. The SMILES string of the molecule is Cc1ncccc1[C@H]1CN(C(=O)OC(C)(C)C)C(c2ccc([C@@H]3CN(C(=O)OC(C)(C)C)CC[C@H]3OC(=O)C(C)(C)COc3ncccc3C(F)(F)F)c(C)n2)C[C@@H]1OC(=O)C(C)(C)COc1ncccc1C(F)(F)F. The van der Waals surface area contributed by atoms with Gasteiger partial charge in [0.25, 0.3) is 0 Å². The minimum absolute atomic E-state index is 0.00349. The molecule has 0 radical (unpaired) electrons. The number of halogens is 6. The van der Waals surface area contributed by atoms with Gasteiger partial charge in [0, 0.05) is 74.3 Å². The molecule has 2 amide bonds. The predicted octanol–water partition coefficient (Wildman–Crippen LogP) is 11.1. The molecule has 16 nitrogen and oxygen atoms in total. The highest BCUT2D eigenvalue weighted by atomic mass is 19.4. The highest BCUT2D eigenvalue weighted by molar-refractivity contribution is 5.77. The van der Waals surface area contributed by atoms with E-state index in [1.807, 2.05) is 0 Å². The number of pyridine rings is 4. The number of rotatable bonds is 13. The number of aryl methyl sites for hydroxylation is 2. The first-order valence-corrected chi connectivity index (χ1v) is 24.7. The van der Waals surface area contributed by atoms with E-state index >= 15 is 0 Å². The average Bonchev–Trinajstić information content (AvgIpc) is 3.31. The van der Waals surface area contributed by atoms with Crippen molar-refractivity contribution in [2.24, 2.45) is 10.8 Å². The van der Waals surface area contributed by atoms with Gasteiger partial charge in [-0.1, -0.05) is 12.1 Å². The van der Waals surface area contributed by atoms with Gasteiger partial charge in [0.2, 0.25) is 11.8 Å². The highest BCUT2D eigenvalue weighted by Gasteiger charge is 2.47. The van der Waals surface area contributed by atoms with Crippen molar-refractivity contribution in [2.45, 2.75) is 150 Å². The van der Waals surface area contributed by atoms with Gasteiger partial charge < -0.3 is 33.3 Å². The Kier molecular flexibility index (Phi) is 17.3. The maximum atomic E-state index is 14.4. The van der Waals surface area contributed by atoms with Crippen LogP contribution in [-0.2, 0) is 40.9 Å². The van der Waals surface area contributed by atoms with Crippen molar-refractivity contribution in [1.82, 2.24) is 29.7 Å². The summed E-state index contributed by atoms with van der Waals surface area (Å²) in [7, 11) is 0. The first-order valence-electron chi connectivity index (χ1n) is 24.7. The van der Waals surface area contributed by atoms with Crippen LogP contribution in [0.3, 0.4) is 0 Å². The summed E-state index contributed by atoms with van der Waals surface area (Å²) < 4.78 is 118. The molecule has 2 aliphatic rings. The number of piperidine rings is 2. The number of nitrogens with zero attached hydrogens (tertiary/aromatic N) is 6. The van der Waals surface area contributed by atoms with Crippen molar-refractivity contribution >= 4 is 24.1 Å². The predicted molar refractivity (Wildman–Crippen MR) is 263 cm³/mol. The quantitative estimate of drug-likeness (QED) is 0.0700. The van der Waals surface area contributed by atoms with Gasteiger partial charge in [-0.3, -0.25) is 24.5 Å². The lowest BCUT2D eigenvalue weighted by molar-refractivity contribution is -0.166. The number of hydrogen-bond acceptors (Lipinski definition) is 14. The standard InChI is InChI=1S/C54H66F6N6O10/c1-31-33(16-13-22-61-31)36-28-66(48(70)76-50(6,7)8)40(26-42(36)74-46(68)52(11,12)30-72-44-38(54(58,59)60)18-15-24-63-44)39-20-19-34(32(2)64-39)35-27-65(47(69)75-49(3,4)5)25-21-41(35)73-45(67)51(9,10)29-71-43-37(53(55,56)57)17-14-23-62-43/h13-20,22-24,35-36,40-42H,21,25-30H2,1-12H3/t35-,36+,40?,41+,42-/m0/s1. The lowest BCUT2D eigenvalue weighted by atomic mass is 9.82. The van der Waals surface area contributed by atoms with E-state index in [9.17, 15) is 45.5 Å². The summed E-state index contributed by atoms with van der Waals surface area (Å²) >= 11 is 0. The van der Waals surface area contributed by atoms with Crippen LogP contribution in [0.25, 0.3) is 0 Å². The van der Waals surface area contributed by atoms with Crippen molar-refractivity contribution in [3.8, 4) is 11.8 Å². The number of amides is 2. The minimum atomic E-state index is -4.78. The Labute approximate surface area is 438 Å². The van der Waals surface area contributed by atoms with Gasteiger partial charge in [-0.15, -0.1) is 0 Å². The van der Waals surface area contributed by atoms with E-state index in [1.54, 1.807) is 85.9 Å². The number of ether oxygens (including phenoxy) is 6. The van der Waals surface area contributed by atoms with Crippen molar-refractivity contribution < 1.29 is 73.9 Å². The molecule has 2 saturated heterocycles. The number of hydrogen-bond donors (Lipinski definition) is 0. The Morgan fingerprint density at radius 3 is 1.57 bits per heavy atom. The van der Waals surface area contributed by atoms with Crippen LogP contribution in [0.2, 0.25) is 0 Å². The van der Waals surface area contributed by atoms with Gasteiger partial charge in [-0.25, -0.2) is 19.6 Å². The summed E-state index contributed by atoms with van der Waals surface area (Å²) in [6, 6.07) is 9.92. The van der Waals surface area contributed by atoms with E-state index in [2.05, 4.69) is 15.0 Å². The third kappa shape index (κ3) is 14.6. The van der Waals surface area contributed by atoms with Crippen LogP contribution in [0.15, 0.2) is 67.1 Å². The van der Waals surface area contributed by atoms with Crippen LogP contribution in [0.4, 0.5) is 35.9 Å². The fourth-order valence-electron chi connectivity index (χ4n) is 8.77. The van der Waals surface area contributed by atoms with Gasteiger partial charge in [0.15, 0.2) is 0 Å². The Morgan fingerprint density at radius 2 is 1.07 bits per heavy atom. The minimum Gasteiger partial charge on any atom is -0.476 e. The van der Waals surface area contributed by atoms with Gasteiger partial charge in [0.05, 0.1) is 22.6 Å². The lowest BCUT2D eigenvalue weighted by Gasteiger charge is -2.44. The molecule has 5 atom stereocenters. The zero-order valence-corrected chi connectivity index (χ0v) is 44.7. The van der Waals surface area contributed by atoms with Crippen LogP contribution < -0.4 is 9.47 Å². The zero-order chi connectivity index (χ0) is 56.3. The van der Waals surface area contributed by atoms with Gasteiger partial charge in [-0.05, 0) is 131 Å². The molecule has 2 aliphatic heterocycles. The molecular weight excluding hydrogens is 1010 g/mol. The molecule has 0 spiro atoms. The molecule has 76 heavy (non-hydrogen) atoms. The van der Waals surface area contributed by atoms with E-state index in [1.165, 1.54) is 37.5 Å². The van der Waals surface area contributed by atoms with E-state index in [0.29, 0.717) is 28.2 Å². The summed E-state index contributed by atoms with van der Waals surface area (Å²) in [5.41, 5.74) is -4.43. The zero-order valence-electron chi connectivity index (χ0n) is 44.7. The normalized spacial score (nSPS) is 19.8. The lowest BCUT2D eigenvalue weighted by Crippen LogP contribution is -2.51. The fraction of sp³-hybridized carbons (Fsp3) is 0.556. The Hall–Kier alpha value is -6.74. The molecule has 1 unspecified atom stereocenters. The second kappa shape index (κ2) is 22.5. The van der Waals surface area contributed by atoms with Gasteiger partial charge in [0.1, 0.15) is 47.8 Å². The van der Waals surface area contributed by atoms with E-state index in [-0.39, 0.29) is 32.5 Å². The van der Waals surface area contributed by atoms with Crippen molar-refractivity contribution in [3.63, 3.8) is 0 Å². The molecular formula is C54H66F6N6O10. The molecule has 0 bridgehead atoms. The average molecular weight is 1070 g/mol. The van der Waals surface area contributed by atoms with Crippen LogP contribution in [-0.4, -0.2) is 110 Å². The third-order valence-electron chi connectivity index (χ3n) is 12.8. The maximum absolute atomic E-state index is 14.4. The summed E-state index contributed by atoms with van der Waals surface area (Å²) in [5, 5.41) is 0. The molecule has 6 rings (SSSR count). The summed E-state index contributed by atoms with van der Waals surface area (Å²) in [4.78, 5) is 76.2. The van der Waals surface area contributed by atoms with Crippen LogP contribution in [0.5, 0.6) is 11.8 Å². The second-order valence-corrected chi connectivity index (χ2v) is 22.3. The third-order valence-corrected chi connectivity index (χ3v) is 12.8. The number of carbonyl (C=O) groups excluding carboxylic acids is 4. The molecule has 0 N–H and O–H groups in total. The molecule has 0 aliphatic carbocycles. The molecule has 414 valence electrons. The first-order chi connectivity index (χ1) is 35.1. The van der Waals surface area contributed by atoms with Crippen LogP contribution in [0, 0.1) is 24.7 Å². The summed E-state index contributed by atoms with van der Waals surface area (Å²) in [5.74, 6) is -4.40. The molecule has 0 aromatic carbocycles. The highest BCUT2D eigenvalue weighted by Crippen LogP contribution is 2.44. The number of alkyl halides is 6. The van der Waals surface area contributed by atoms with E-state index in [0.717, 1.165) is 36.7 Å². The number of aromatic nitrogens is 4. The van der Waals surface area contributed by atoms with E-state index in [4.69, 9.17) is 33.4 Å². The molecule has 22 heteroatoms. The van der Waals surface area contributed by atoms with Crippen molar-refractivity contribution in [2.75, 3.05) is 32.8 Å². The summed E-state index contributed by atoms with van der Waals surface area (Å²) in [6.45, 7) is 18.7. The largest absolute Gasteiger partial charge is 0.476 e. The first kappa shape index (κ1) is 58.5. The second-order valence-electron chi connectivity index (χ2n) is 22.3. The number of carbonyl (C=O) groups is 4. The molecule has 2 fully saturated rings. The van der Waals surface area contributed by atoms with E-state index < -0.39 is 125 Å². The van der Waals surface area contributed by atoms with Crippen LogP contribution >= 0.6 is 0 Å². The Morgan fingerprint density at radius 1 is 0.592 bits per heavy atom. The Balaban J connectivity index is 1.34. The molecule has 4 aromatic heterocycles. The van der Waals surface area contributed by atoms with Crippen LogP contribution in [0.1, 0.15) is 139 Å². The molecule has 6 heterocycles. The van der Waals surface area contributed by atoms with Gasteiger partial charge in [-0.2, -0.15) is 26.3 Å². The summed E-state index contributed by atoms with van der Waals surface area (Å²) in [6.07, 6.45) is -8.73. The molecule has 4 aromatic rings.